The number of piperidine rings is 1. The first-order valence-electron chi connectivity index (χ1n) is 10.2. The molecule has 30 heavy (non-hydrogen) atoms. The number of benzene rings is 1. The van der Waals surface area contributed by atoms with E-state index < -0.39 is 0 Å². The van der Waals surface area contributed by atoms with E-state index in [9.17, 15) is 4.79 Å². The Morgan fingerprint density at radius 3 is 2.83 bits per heavy atom. The summed E-state index contributed by atoms with van der Waals surface area (Å²) in [6.45, 7) is 1.91. The largest absolute Gasteiger partial charge is 0.448 e. The molecule has 5 rings (SSSR count). The SMILES string of the molecule is Cn1cc(-c2ccc3cnc(CC(=O)c4coc(C5CCNCC5)n4)cc3c2)cn1. The molecule has 4 aromatic rings. The smallest absolute Gasteiger partial charge is 0.197 e. The predicted octanol–water partition coefficient (Wildman–Crippen LogP) is 3.52. The van der Waals surface area contributed by atoms with Crippen molar-refractivity contribution in [3.63, 3.8) is 0 Å². The van der Waals surface area contributed by atoms with Gasteiger partial charge in [-0.1, -0.05) is 12.1 Å². The molecule has 0 saturated carbocycles. The normalized spacial score (nSPS) is 15.0. The Bertz CT molecular complexity index is 1200. The maximum atomic E-state index is 12.8. The van der Waals surface area contributed by atoms with Crippen LogP contribution >= 0.6 is 0 Å². The van der Waals surface area contributed by atoms with Gasteiger partial charge >= 0.3 is 0 Å². The zero-order valence-electron chi connectivity index (χ0n) is 16.8. The molecule has 1 aliphatic rings. The molecule has 0 unspecified atom stereocenters. The Kier molecular flexibility index (Phi) is 4.88. The van der Waals surface area contributed by atoms with Gasteiger partial charge < -0.3 is 9.73 Å². The zero-order valence-corrected chi connectivity index (χ0v) is 16.8. The molecule has 0 amide bonds. The molecule has 152 valence electrons. The molecule has 0 bridgehead atoms. The highest BCUT2D eigenvalue weighted by atomic mass is 16.3. The fourth-order valence-corrected chi connectivity index (χ4v) is 3.96. The van der Waals surface area contributed by atoms with Gasteiger partial charge in [0, 0.05) is 42.0 Å². The molecular weight excluding hydrogens is 378 g/mol. The average molecular weight is 401 g/mol. The topological polar surface area (TPSA) is 85.8 Å². The molecule has 0 spiro atoms. The Hall–Kier alpha value is -3.32. The van der Waals surface area contributed by atoms with Gasteiger partial charge in [-0.25, -0.2) is 4.98 Å². The van der Waals surface area contributed by atoms with Gasteiger partial charge in [-0.2, -0.15) is 5.10 Å². The summed E-state index contributed by atoms with van der Waals surface area (Å²) in [5.41, 5.74) is 3.25. The number of ketones is 1. The van der Waals surface area contributed by atoms with Crippen molar-refractivity contribution in [2.75, 3.05) is 13.1 Å². The molecule has 1 aliphatic heterocycles. The van der Waals surface area contributed by atoms with E-state index in [1.165, 1.54) is 6.26 Å². The van der Waals surface area contributed by atoms with Gasteiger partial charge in [0.05, 0.1) is 12.6 Å². The second-order valence-corrected chi connectivity index (χ2v) is 7.84. The summed E-state index contributed by atoms with van der Waals surface area (Å²) in [6, 6.07) is 8.18. The van der Waals surface area contributed by atoms with Crippen molar-refractivity contribution in [1.29, 1.82) is 0 Å². The van der Waals surface area contributed by atoms with Crippen molar-refractivity contribution >= 4 is 16.6 Å². The van der Waals surface area contributed by atoms with Crippen molar-refractivity contribution in [2.45, 2.75) is 25.2 Å². The average Bonchev–Trinajstić information content (AvgIpc) is 3.43. The number of hydrogen-bond acceptors (Lipinski definition) is 6. The van der Waals surface area contributed by atoms with Crippen molar-refractivity contribution in [3.8, 4) is 11.1 Å². The number of hydrogen-bond donors (Lipinski definition) is 1. The molecule has 1 N–H and O–H groups in total. The molecule has 7 nitrogen and oxygen atoms in total. The van der Waals surface area contributed by atoms with E-state index in [1.54, 1.807) is 4.68 Å². The number of rotatable bonds is 5. The molecule has 1 aromatic carbocycles. The summed E-state index contributed by atoms with van der Waals surface area (Å²) < 4.78 is 7.40. The van der Waals surface area contributed by atoms with Gasteiger partial charge in [-0.3, -0.25) is 14.5 Å². The van der Waals surface area contributed by atoms with Crippen LogP contribution in [0.5, 0.6) is 0 Å². The lowest BCUT2D eigenvalue weighted by Gasteiger charge is -2.19. The third kappa shape index (κ3) is 3.76. The van der Waals surface area contributed by atoms with Crippen LogP contribution in [0.15, 0.2) is 53.5 Å². The summed E-state index contributed by atoms with van der Waals surface area (Å²) >= 11 is 0. The lowest BCUT2D eigenvalue weighted by atomic mass is 9.98. The lowest BCUT2D eigenvalue weighted by Crippen LogP contribution is -2.26. The number of nitrogens with one attached hydrogen (secondary N) is 1. The molecule has 0 aliphatic carbocycles. The molecule has 3 aromatic heterocycles. The number of aryl methyl sites for hydroxylation is 1. The molecule has 1 saturated heterocycles. The van der Waals surface area contributed by atoms with E-state index in [2.05, 4.69) is 32.5 Å². The van der Waals surface area contributed by atoms with Gasteiger partial charge in [0.25, 0.3) is 0 Å². The minimum atomic E-state index is -0.0748. The van der Waals surface area contributed by atoms with Gasteiger partial charge in [0.1, 0.15) is 12.0 Å². The van der Waals surface area contributed by atoms with Gasteiger partial charge in [-0.05, 0) is 49.0 Å². The van der Waals surface area contributed by atoms with E-state index in [1.807, 2.05) is 37.8 Å². The van der Waals surface area contributed by atoms with Crippen molar-refractivity contribution in [1.82, 2.24) is 25.1 Å². The maximum absolute atomic E-state index is 12.8. The molecule has 0 atom stereocenters. The summed E-state index contributed by atoms with van der Waals surface area (Å²) in [6.07, 6.45) is 9.30. The van der Waals surface area contributed by atoms with Crippen LogP contribution in [0.3, 0.4) is 0 Å². The summed E-state index contributed by atoms with van der Waals surface area (Å²) in [5.74, 6) is 0.888. The van der Waals surface area contributed by atoms with E-state index in [0.29, 0.717) is 11.6 Å². The van der Waals surface area contributed by atoms with E-state index in [0.717, 1.165) is 53.5 Å². The quantitative estimate of drug-likeness (QED) is 0.515. The minimum Gasteiger partial charge on any atom is -0.448 e. The van der Waals surface area contributed by atoms with E-state index >= 15 is 0 Å². The Morgan fingerprint density at radius 1 is 1.17 bits per heavy atom. The van der Waals surface area contributed by atoms with Crippen LogP contribution in [-0.2, 0) is 13.5 Å². The first-order chi connectivity index (χ1) is 14.7. The molecular formula is C23H23N5O2. The summed E-state index contributed by atoms with van der Waals surface area (Å²) in [7, 11) is 1.90. The molecule has 4 heterocycles. The number of nitrogens with zero attached hydrogens (tertiary/aromatic N) is 4. The van der Waals surface area contributed by atoms with Crippen molar-refractivity contribution in [3.05, 3.63) is 66.4 Å². The number of aromatic nitrogens is 4. The van der Waals surface area contributed by atoms with E-state index in [4.69, 9.17) is 4.42 Å². The second-order valence-electron chi connectivity index (χ2n) is 7.84. The number of carbonyl (C=O) groups is 1. The van der Waals surface area contributed by atoms with Crippen LogP contribution in [0.2, 0.25) is 0 Å². The molecule has 7 heteroatoms. The first-order valence-corrected chi connectivity index (χ1v) is 10.2. The number of fused-ring (bicyclic) bond motifs is 1. The Labute approximate surface area is 174 Å². The predicted molar refractivity (Wildman–Crippen MR) is 113 cm³/mol. The Balaban J connectivity index is 1.35. The second kappa shape index (κ2) is 7.84. The molecule has 0 radical (unpaired) electrons. The van der Waals surface area contributed by atoms with Crippen LogP contribution < -0.4 is 5.32 Å². The highest BCUT2D eigenvalue weighted by Gasteiger charge is 2.22. The fourth-order valence-electron chi connectivity index (χ4n) is 3.96. The highest BCUT2D eigenvalue weighted by Crippen LogP contribution is 2.26. The minimum absolute atomic E-state index is 0.0748. The summed E-state index contributed by atoms with van der Waals surface area (Å²) in [5, 5.41) is 9.65. The summed E-state index contributed by atoms with van der Waals surface area (Å²) in [4.78, 5) is 21.7. The van der Waals surface area contributed by atoms with Crippen LogP contribution in [0.4, 0.5) is 0 Å². The van der Waals surface area contributed by atoms with Crippen LogP contribution in [0.25, 0.3) is 21.9 Å². The third-order valence-electron chi connectivity index (χ3n) is 5.65. The Morgan fingerprint density at radius 2 is 2.03 bits per heavy atom. The standard InChI is InChI=1S/C23H23N5O2/c1-28-13-19(12-26-28)16-2-3-17-11-25-20(9-18(17)8-16)10-22(29)21-14-30-23(27-21)15-4-6-24-7-5-15/h2-3,8-9,11-15,24H,4-7,10H2,1H3. The van der Waals surface area contributed by atoms with Gasteiger partial charge in [-0.15, -0.1) is 0 Å². The van der Waals surface area contributed by atoms with Crippen molar-refractivity contribution < 1.29 is 9.21 Å². The third-order valence-corrected chi connectivity index (χ3v) is 5.65. The maximum Gasteiger partial charge on any atom is 0.197 e. The van der Waals surface area contributed by atoms with Gasteiger partial charge in [0.15, 0.2) is 11.7 Å². The van der Waals surface area contributed by atoms with Gasteiger partial charge in [0.2, 0.25) is 0 Å². The number of oxazole rings is 1. The number of Topliss-reactive ketones (excluding diaryl/α,β-unsaturated/α-hetero) is 1. The number of pyridine rings is 1. The first kappa shape index (κ1) is 18.7. The number of carbonyl (C=O) groups excluding carboxylic acids is 1. The van der Waals surface area contributed by atoms with Crippen LogP contribution in [0, 0.1) is 0 Å². The zero-order chi connectivity index (χ0) is 20.5. The lowest BCUT2D eigenvalue weighted by molar-refractivity contribution is 0.0987. The highest BCUT2D eigenvalue weighted by molar-refractivity contribution is 5.96. The fraction of sp³-hybridized carbons (Fsp3) is 0.304. The molecule has 1 fully saturated rings. The van der Waals surface area contributed by atoms with E-state index in [-0.39, 0.29) is 18.1 Å². The van der Waals surface area contributed by atoms with Crippen LogP contribution in [-0.4, -0.2) is 38.6 Å². The monoisotopic (exact) mass is 401 g/mol. The van der Waals surface area contributed by atoms with Crippen molar-refractivity contribution in [2.24, 2.45) is 7.05 Å². The van der Waals surface area contributed by atoms with Crippen LogP contribution in [0.1, 0.15) is 40.8 Å².